The lowest BCUT2D eigenvalue weighted by Gasteiger charge is -2.14. The smallest absolute Gasteiger partial charge is 0.259 e. The van der Waals surface area contributed by atoms with Crippen LogP contribution in [0.5, 0.6) is 5.75 Å². The number of aromatic nitrogens is 2. The van der Waals surface area contributed by atoms with Crippen molar-refractivity contribution in [1.82, 2.24) is 9.97 Å². The number of aromatic amines is 1. The van der Waals surface area contributed by atoms with Crippen LogP contribution in [0.4, 0.5) is 5.69 Å². The maximum absolute atomic E-state index is 12.5. The fourth-order valence-corrected chi connectivity index (χ4v) is 3.23. The molecule has 0 aliphatic carbocycles. The molecule has 1 heterocycles. The Balaban J connectivity index is 1.75. The minimum Gasteiger partial charge on any atom is -0.492 e. The number of nitrogens with one attached hydrogen (secondary N) is 2. The van der Waals surface area contributed by atoms with Gasteiger partial charge in [0.05, 0.1) is 28.4 Å². The molecular weight excluding hydrogens is 350 g/mol. The number of para-hydroxylation sites is 3. The monoisotopic (exact) mass is 369 g/mol. The van der Waals surface area contributed by atoms with Crippen LogP contribution < -0.4 is 15.6 Å². The third-order valence-corrected chi connectivity index (χ3v) is 4.68. The molecule has 26 heavy (non-hydrogen) atoms. The van der Waals surface area contributed by atoms with Crippen LogP contribution in [0.25, 0.3) is 10.9 Å². The first-order valence-corrected chi connectivity index (χ1v) is 9.15. The van der Waals surface area contributed by atoms with Crippen molar-refractivity contribution in [3.63, 3.8) is 0 Å². The lowest BCUT2D eigenvalue weighted by molar-refractivity contribution is -0.115. The van der Waals surface area contributed by atoms with Crippen LogP contribution in [-0.4, -0.2) is 27.7 Å². The number of hydrogen-bond donors (Lipinski definition) is 2. The second-order valence-corrected chi connectivity index (χ2v) is 6.90. The molecule has 0 radical (unpaired) electrons. The summed E-state index contributed by atoms with van der Waals surface area (Å²) in [6, 6.07) is 14.4. The Hall–Kier alpha value is -2.80. The first-order valence-electron chi connectivity index (χ1n) is 8.27. The van der Waals surface area contributed by atoms with Gasteiger partial charge in [-0.2, -0.15) is 0 Å². The Morgan fingerprint density at radius 1 is 1.23 bits per heavy atom. The molecule has 0 saturated heterocycles. The summed E-state index contributed by atoms with van der Waals surface area (Å²) < 4.78 is 5.52. The van der Waals surface area contributed by atoms with Gasteiger partial charge in [-0.05, 0) is 38.1 Å². The van der Waals surface area contributed by atoms with E-state index in [4.69, 9.17) is 4.74 Å². The minimum atomic E-state index is -0.450. The predicted octanol–water partition coefficient (Wildman–Crippen LogP) is 3.44. The van der Waals surface area contributed by atoms with Crippen LogP contribution in [0.2, 0.25) is 0 Å². The molecule has 6 nitrogen and oxygen atoms in total. The third kappa shape index (κ3) is 4.05. The van der Waals surface area contributed by atoms with E-state index in [0.717, 1.165) is 0 Å². The molecule has 3 aromatic rings. The molecule has 2 N–H and O–H groups in total. The normalized spacial score (nSPS) is 11.9. The standard InChI is InChI=1S/C19H19N3O3S/c1-3-25-16-11-7-6-10-15(16)20-17(23)12(2)26-19-21-14-9-5-4-8-13(14)18(24)22-19/h4-12H,3H2,1-2H3,(H,20,23)(H,21,22,24). The SMILES string of the molecule is CCOc1ccccc1NC(=O)C(C)Sc1nc2ccccc2c(=O)[nH]1. The summed E-state index contributed by atoms with van der Waals surface area (Å²) in [4.78, 5) is 31.8. The van der Waals surface area contributed by atoms with Gasteiger partial charge in [-0.25, -0.2) is 4.98 Å². The van der Waals surface area contributed by atoms with Crippen LogP contribution in [0.15, 0.2) is 58.5 Å². The Morgan fingerprint density at radius 3 is 2.77 bits per heavy atom. The second-order valence-electron chi connectivity index (χ2n) is 5.57. The van der Waals surface area contributed by atoms with Crippen molar-refractivity contribution >= 4 is 34.3 Å². The molecule has 1 atom stereocenters. The topological polar surface area (TPSA) is 84.1 Å². The lowest BCUT2D eigenvalue weighted by atomic mass is 10.2. The van der Waals surface area contributed by atoms with E-state index < -0.39 is 5.25 Å². The van der Waals surface area contributed by atoms with Gasteiger partial charge >= 0.3 is 0 Å². The van der Waals surface area contributed by atoms with E-state index in [0.29, 0.717) is 34.1 Å². The molecule has 1 amide bonds. The van der Waals surface area contributed by atoms with Gasteiger partial charge in [-0.15, -0.1) is 0 Å². The minimum absolute atomic E-state index is 0.196. The van der Waals surface area contributed by atoms with Gasteiger partial charge in [0.1, 0.15) is 5.75 Å². The van der Waals surface area contributed by atoms with Crippen LogP contribution >= 0.6 is 11.8 Å². The zero-order valence-corrected chi connectivity index (χ0v) is 15.3. The molecule has 1 aromatic heterocycles. The zero-order valence-electron chi connectivity index (χ0n) is 14.5. The molecular formula is C19H19N3O3S. The molecule has 0 aliphatic rings. The highest BCUT2D eigenvalue weighted by atomic mass is 32.2. The van der Waals surface area contributed by atoms with Gasteiger partial charge in [0.2, 0.25) is 5.91 Å². The fourth-order valence-electron chi connectivity index (χ4n) is 2.43. The highest BCUT2D eigenvalue weighted by molar-refractivity contribution is 8.00. The average molecular weight is 369 g/mol. The highest BCUT2D eigenvalue weighted by Gasteiger charge is 2.18. The summed E-state index contributed by atoms with van der Waals surface area (Å²) in [7, 11) is 0. The fraction of sp³-hybridized carbons (Fsp3) is 0.211. The molecule has 134 valence electrons. The maximum Gasteiger partial charge on any atom is 0.259 e. The maximum atomic E-state index is 12.5. The number of fused-ring (bicyclic) bond motifs is 1. The molecule has 0 spiro atoms. The number of amides is 1. The Labute approximate surface area is 155 Å². The summed E-state index contributed by atoms with van der Waals surface area (Å²) in [5.74, 6) is 0.427. The van der Waals surface area contributed by atoms with Crippen molar-refractivity contribution in [2.45, 2.75) is 24.3 Å². The van der Waals surface area contributed by atoms with Gasteiger partial charge in [0.25, 0.3) is 5.56 Å². The van der Waals surface area contributed by atoms with Crippen molar-refractivity contribution < 1.29 is 9.53 Å². The van der Waals surface area contributed by atoms with Crippen molar-refractivity contribution in [2.75, 3.05) is 11.9 Å². The third-order valence-electron chi connectivity index (χ3n) is 3.69. The van der Waals surface area contributed by atoms with E-state index in [1.54, 1.807) is 37.3 Å². The van der Waals surface area contributed by atoms with Crippen molar-refractivity contribution in [2.24, 2.45) is 0 Å². The number of hydrogen-bond acceptors (Lipinski definition) is 5. The molecule has 0 bridgehead atoms. The summed E-state index contributed by atoms with van der Waals surface area (Å²) in [6.45, 7) is 4.16. The zero-order chi connectivity index (χ0) is 18.5. The Bertz CT molecular complexity index is 987. The number of nitrogens with zero attached hydrogens (tertiary/aromatic N) is 1. The number of rotatable bonds is 6. The van der Waals surface area contributed by atoms with E-state index in [9.17, 15) is 9.59 Å². The van der Waals surface area contributed by atoms with Crippen LogP contribution in [0.1, 0.15) is 13.8 Å². The van der Waals surface area contributed by atoms with Gasteiger partial charge in [-0.3, -0.25) is 9.59 Å². The molecule has 3 rings (SSSR count). The lowest BCUT2D eigenvalue weighted by Crippen LogP contribution is -2.23. The number of carbonyl (C=O) groups is 1. The number of ether oxygens (including phenoxy) is 1. The summed E-state index contributed by atoms with van der Waals surface area (Å²) in [6.07, 6.45) is 0. The number of carbonyl (C=O) groups excluding carboxylic acids is 1. The molecule has 0 saturated carbocycles. The quantitative estimate of drug-likeness (QED) is 0.514. The Morgan fingerprint density at radius 2 is 1.96 bits per heavy atom. The van der Waals surface area contributed by atoms with E-state index in [1.807, 2.05) is 25.1 Å². The second kappa shape index (κ2) is 8.05. The molecule has 0 fully saturated rings. The number of thioether (sulfide) groups is 1. The van der Waals surface area contributed by atoms with Crippen molar-refractivity contribution in [3.8, 4) is 5.75 Å². The molecule has 0 aliphatic heterocycles. The highest BCUT2D eigenvalue weighted by Crippen LogP contribution is 2.26. The van der Waals surface area contributed by atoms with Crippen molar-refractivity contribution in [3.05, 3.63) is 58.9 Å². The van der Waals surface area contributed by atoms with E-state index >= 15 is 0 Å². The van der Waals surface area contributed by atoms with Crippen LogP contribution in [0, 0.1) is 0 Å². The molecule has 7 heteroatoms. The van der Waals surface area contributed by atoms with E-state index in [1.165, 1.54) is 11.8 Å². The van der Waals surface area contributed by atoms with Crippen LogP contribution in [-0.2, 0) is 4.79 Å². The molecule has 1 unspecified atom stereocenters. The molecule has 2 aromatic carbocycles. The summed E-state index contributed by atoms with van der Waals surface area (Å²) in [5, 5.41) is 3.35. The van der Waals surface area contributed by atoms with E-state index in [-0.39, 0.29) is 11.5 Å². The first kappa shape index (κ1) is 18.0. The number of benzene rings is 2. The number of anilines is 1. The Kier molecular flexibility index (Phi) is 5.58. The van der Waals surface area contributed by atoms with Gasteiger partial charge in [0.15, 0.2) is 5.16 Å². The summed E-state index contributed by atoms with van der Waals surface area (Å²) in [5.41, 5.74) is 1.01. The average Bonchev–Trinajstić information content (AvgIpc) is 2.63. The summed E-state index contributed by atoms with van der Waals surface area (Å²) >= 11 is 1.20. The predicted molar refractivity (Wildman–Crippen MR) is 104 cm³/mol. The first-order chi connectivity index (χ1) is 12.6. The van der Waals surface area contributed by atoms with Crippen LogP contribution in [0.3, 0.4) is 0 Å². The largest absolute Gasteiger partial charge is 0.492 e. The van der Waals surface area contributed by atoms with Gasteiger partial charge < -0.3 is 15.0 Å². The van der Waals surface area contributed by atoms with Gasteiger partial charge in [0, 0.05) is 0 Å². The van der Waals surface area contributed by atoms with Crippen molar-refractivity contribution in [1.29, 1.82) is 0 Å². The van der Waals surface area contributed by atoms with Gasteiger partial charge in [-0.1, -0.05) is 36.0 Å². The van der Waals surface area contributed by atoms with E-state index in [2.05, 4.69) is 15.3 Å². The number of H-pyrrole nitrogens is 1.